The van der Waals surface area contributed by atoms with Crippen LogP contribution < -0.4 is 5.32 Å². The minimum Gasteiger partial charge on any atom is -0.472 e. The first-order chi connectivity index (χ1) is 8.72. The summed E-state index contributed by atoms with van der Waals surface area (Å²) in [6, 6.07) is 9.44. The molecule has 0 saturated heterocycles. The summed E-state index contributed by atoms with van der Waals surface area (Å²) in [6.07, 6.45) is 2.90. The highest BCUT2D eigenvalue weighted by Gasteiger charge is 2.07. The molecule has 2 heterocycles. The summed E-state index contributed by atoms with van der Waals surface area (Å²) in [5.74, 6) is -0.171. The van der Waals surface area contributed by atoms with E-state index in [9.17, 15) is 4.79 Å². The number of fused-ring (bicyclic) bond motifs is 1. The third-order valence-corrected chi connectivity index (χ3v) is 2.80. The molecule has 0 aliphatic rings. The second kappa shape index (κ2) is 4.07. The van der Waals surface area contributed by atoms with Gasteiger partial charge in [0.1, 0.15) is 6.26 Å². The van der Waals surface area contributed by atoms with Crippen LogP contribution in [0.15, 0.2) is 47.3 Å². The summed E-state index contributed by atoms with van der Waals surface area (Å²) in [5, 5.41) is 3.91. The van der Waals surface area contributed by atoms with Crippen LogP contribution in [-0.2, 0) is 0 Å². The number of benzene rings is 1. The Morgan fingerprint density at radius 1 is 1.28 bits per heavy atom. The van der Waals surface area contributed by atoms with Crippen molar-refractivity contribution in [3.05, 3.63) is 54.1 Å². The lowest BCUT2D eigenvalue weighted by Crippen LogP contribution is -2.10. The van der Waals surface area contributed by atoms with Crippen molar-refractivity contribution in [3.8, 4) is 0 Å². The Hall–Kier alpha value is -2.49. The number of aryl methyl sites for hydroxylation is 1. The van der Waals surface area contributed by atoms with E-state index in [0.717, 1.165) is 22.3 Å². The van der Waals surface area contributed by atoms with E-state index in [1.54, 1.807) is 6.07 Å². The maximum Gasteiger partial charge on any atom is 0.258 e. The molecule has 0 saturated carbocycles. The molecular weight excluding hydrogens is 228 g/mol. The van der Waals surface area contributed by atoms with Crippen molar-refractivity contribution in [2.45, 2.75) is 6.92 Å². The molecule has 0 aliphatic heterocycles. The highest BCUT2D eigenvalue weighted by atomic mass is 16.3. The molecule has 2 N–H and O–H groups in total. The van der Waals surface area contributed by atoms with E-state index >= 15 is 0 Å². The van der Waals surface area contributed by atoms with Crippen LogP contribution in [0.25, 0.3) is 10.9 Å². The summed E-state index contributed by atoms with van der Waals surface area (Å²) in [6.45, 7) is 2.00. The molecule has 90 valence electrons. The Morgan fingerprint density at radius 2 is 2.17 bits per heavy atom. The first kappa shape index (κ1) is 10.7. The molecule has 18 heavy (non-hydrogen) atoms. The largest absolute Gasteiger partial charge is 0.472 e. The summed E-state index contributed by atoms with van der Waals surface area (Å²) >= 11 is 0. The van der Waals surface area contributed by atoms with Crippen molar-refractivity contribution in [2.24, 2.45) is 0 Å². The quantitative estimate of drug-likeness (QED) is 0.721. The average Bonchev–Trinajstić information content (AvgIpc) is 2.95. The number of amides is 1. The highest BCUT2D eigenvalue weighted by molar-refractivity contribution is 6.04. The maximum absolute atomic E-state index is 11.8. The molecule has 0 unspecified atom stereocenters. The van der Waals surface area contributed by atoms with E-state index in [-0.39, 0.29) is 5.91 Å². The highest BCUT2D eigenvalue weighted by Crippen LogP contribution is 2.20. The van der Waals surface area contributed by atoms with Crippen molar-refractivity contribution in [2.75, 3.05) is 5.32 Å². The molecule has 1 aromatic carbocycles. The monoisotopic (exact) mass is 240 g/mol. The van der Waals surface area contributed by atoms with Crippen molar-refractivity contribution in [1.82, 2.24) is 4.98 Å². The lowest BCUT2D eigenvalue weighted by Gasteiger charge is -2.03. The molecule has 4 heteroatoms. The number of rotatable bonds is 2. The fourth-order valence-corrected chi connectivity index (χ4v) is 1.95. The van der Waals surface area contributed by atoms with Crippen LogP contribution >= 0.6 is 0 Å². The Labute approximate surface area is 104 Å². The Kier molecular flexibility index (Phi) is 2.41. The molecule has 0 radical (unpaired) electrons. The molecule has 0 atom stereocenters. The first-order valence-corrected chi connectivity index (χ1v) is 5.65. The lowest BCUT2D eigenvalue weighted by atomic mass is 10.2. The number of hydrogen-bond donors (Lipinski definition) is 2. The fraction of sp³-hybridized carbons (Fsp3) is 0.0714. The standard InChI is InChI=1S/C14H12N2O2/c1-9-6-11-7-12(2-3-13(11)15-9)16-14(17)10-4-5-18-8-10/h2-8,15H,1H3,(H,16,17). The molecule has 0 bridgehead atoms. The SMILES string of the molecule is Cc1cc2cc(NC(=O)c3ccoc3)ccc2[nH]1. The predicted molar refractivity (Wildman–Crippen MR) is 69.7 cm³/mol. The zero-order valence-electron chi connectivity index (χ0n) is 9.86. The van der Waals surface area contributed by atoms with Crippen LogP contribution in [0.5, 0.6) is 0 Å². The van der Waals surface area contributed by atoms with Gasteiger partial charge in [-0.25, -0.2) is 0 Å². The van der Waals surface area contributed by atoms with Gasteiger partial charge in [0.15, 0.2) is 0 Å². The van der Waals surface area contributed by atoms with Gasteiger partial charge in [0.25, 0.3) is 5.91 Å². The van der Waals surface area contributed by atoms with E-state index in [1.807, 2.05) is 31.2 Å². The minimum atomic E-state index is -0.171. The number of H-pyrrole nitrogens is 1. The average molecular weight is 240 g/mol. The van der Waals surface area contributed by atoms with Crippen LogP contribution in [0.1, 0.15) is 16.1 Å². The van der Waals surface area contributed by atoms with Gasteiger partial charge in [0.2, 0.25) is 0 Å². The number of carbonyl (C=O) groups is 1. The van der Waals surface area contributed by atoms with E-state index in [2.05, 4.69) is 10.3 Å². The molecule has 1 amide bonds. The van der Waals surface area contributed by atoms with Crippen LogP contribution in [0.3, 0.4) is 0 Å². The van der Waals surface area contributed by atoms with Crippen molar-refractivity contribution in [1.29, 1.82) is 0 Å². The van der Waals surface area contributed by atoms with Crippen LogP contribution in [0.2, 0.25) is 0 Å². The zero-order chi connectivity index (χ0) is 12.5. The number of carbonyl (C=O) groups excluding carboxylic acids is 1. The molecule has 0 fully saturated rings. The predicted octanol–water partition coefficient (Wildman–Crippen LogP) is 3.32. The van der Waals surface area contributed by atoms with Crippen LogP contribution in [-0.4, -0.2) is 10.9 Å². The van der Waals surface area contributed by atoms with Gasteiger partial charge in [-0.3, -0.25) is 4.79 Å². The second-order valence-corrected chi connectivity index (χ2v) is 4.22. The molecular formula is C14H12N2O2. The van der Waals surface area contributed by atoms with E-state index in [0.29, 0.717) is 5.56 Å². The fourth-order valence-electron chi connectivity index (χ4n) is 1.95. The lowest BCUT2D eigenvalue weighted by molar-refractivity contribution is 0.102. The van der Waals surface area contributed by atoms with Gasteiger partial charge in [-0.05, 0) is 37.3 Å². The van der Waals surface area contributed by atoms with E-state index in [1.165, 1.54) is 12.5 Å². The number of aromatic amines is 1. The van der Waals surface area contributed by atoms with Crippen molar-refractivity contribution >= 4 is 22.5 Å². The molecule has 4 nitrogen and oxygen atoms in total. The third-order valence-electron chi connectivity index (χ3n) is 2.80. The topological polar surface area (TPSA) is 58.0 Å². The summed E-state index contributed by atoms with van der Waals surface area (Å²) in [5.41, 5.74) is 3.45. The number of anilines is 1. The van der Waals surface area contributed by atoms with Crippen molar-refractivity contribution in [3.63, 3.8) is 0 Å². The van der Waals surface area contributed by atoms with E-state index in [4.69, 9.17) is 4.42 Å². The van der Waals surface area contributed by atoms with Gasteiger partial charge in [0.05, 0.1) is 11.8 Å². The Bertz CT molecular complexity index is 696. The van der Waals surface area contributed by atoms with Gasteiger partial charge in [0, 0.05) is 22.3 Å². The van der Waals surface area contributed by atoms with Crippen LogP contribution in [0.4, 0.5) is 5.69 Å². The first-order valence-electron chi connectivity index (χ1n) is 5.65. The zero-order valence-corrected chi connectivity index (χ0v) is 9.86. The summed E-state index contributed by atoms with van der Waals surface area (Å²) in [7, 11) is 0. The number of furan rings is 1. The minimum absolute atomic E-state index is 0.171. The van der Waals surface area contributed by atoms with Crippen molar-refractivity contribution < 1.29 is 9.21 Å². The molecule has 0 spiro atoms. The molecule has 0 aliphatic carbocycles. The molecule has 3 rings (SSSR count). The van der Waals surface area contributed by atoms with Gasteiger partial charge >= 0.3 is 0 Å². The molecule has 2 aromatic heterocycles. The van der Waals surface area contributed by atoms with Gasteiger partial charge < -0.3 is 14.7 Å². The number of hydrogen-bond acceptors (Lipinski definition) is 2. The summed E-state index contributed by atoms with van der Waals surface area (Å²) in [4.78, 5) is 15.1. The maximum atomic E-state index is 11.8. The molecule has 3 aromatic rings. The third kappa shape index (κ3) is 1.88. The normalized spacial score (nSPS) is 10.7. The second-order valence-electron chi connectivity index (χ2n) is 4.22. The smallest absolute Gasteiger partial charge is 0.258 e. The van der Waals surface area contributed by atoms with E-state index < -0.39 is 0 Å². The van der Waals surface area contributed by atoms with Gasteiger partial charge in [-0.15, -0.1) is 0 Å². The Balaban J connectivity index is 1.88. The van der Waals surface area contributed by atoms with Crippen LogP contribution in [0, 0.1) is 6.92 Å². The Morgan fingerprint density at radius 3 is 2.94 bits per heavy atom. The van der Waals surface area contributed by atoms with Gasteiger partial charge in [-0.1, -0.05) is 0 Å². The van der Waals surface area contributed by atoms with Gasteiger partial charge in [-0.2, -0.15) is 0 Å². The number of aromatic nitrogens is 1. The summed E-state index contributed by atoms with van der Waals surface area (Å²) < 4.78 is 4.88. The number of nitrogens with one attached hydrogen (secondary N) is 2.